The third-order valence-electron chi connectivity index (χ3n) is 5.56. The minimum absolute atomic E-state index is 0.274. The summed E-state index contributed by atoms with van der Waals surface area (Å²) in [6, 6.07) is 14.3. The summed E-state index contributed by atoms with van der Waals surface area (Å²) in [5, 5.41) is 0.941. The highest BCUT2D eigenvalue weighted by molar-refractivity contribution is 6.14. The van der Waals surface area contributed by atoms with Gasteiger partial charge in [-0.05, 0) is 61.4 Å². The fourth-order valence-electron chi connectivity index (χ4n) is 3.87. The van der Waals surface area contributed by atoms with Gasteiger partial charge in [-0.25, -0.2) is 9.37 Å². The van der Waals surface area contributed by atoms with Crippen molar-refractivity contribution >= 4 is 16.6 Å². The van der Waals surface area contributed by atoms with Crippen LogP contribution < -0.4 is 0 Å². The van der Waals surface area contributed by atoms with E-state index in [4.69, 9.17) is 9.98 Å². The summed E-state index contributed by atoms with van der Waals surface area (Å²) < 4.78 is 13.5. The number of fused-ring (bicyclic) bond motifs is 1. The highest BCUT2D eigenvalue weighted by Gasteiger charge is 2.18. The number of hydrogen-bond acceptors (Lipinski definition) is 5. The first-order valence-electron chi connectivity index (χ1n) is 11.2. The molecule has 4 aromatic heterocycles. The van der Waals surface area contributed by atoms with Crippen molar-refractivity contribution in [2.24, 2.45) is 4.99 Å². The molecule has 1 aromatic carbocycles. The molecule has 0 bridgehead atoms. The van der Waals surface area contributed by atoms with Crippen LogP contribution in [0.2, 0.25) is 0 Å². The van der Waals surface area contributed by atoms with Crippen LogP contribution in [0.5, 0.6) is 0 Å². The number of nitrogens with one attached hydrogen (secondary N) is 1. The molecule has 4 heterocycles. The SMILES string of the molecule is CCCN=C(c1cc2c(-c3ccc(F)cc3)nccc2[nH]1)c1nc(-c2cnccn2)ccc1C. The summed E-state index contributed by atoms with van der Waals surface area (Å²) in [5.41, 5.74) is 7.45. The molecular weight excluding hydrogens is 427 g/mol. The number of aromatic nitrogens is 5. The van der Waals surface area contributed by atoms with Gasteiger partial charge in [-0.1, -0.05) is 13.0 Å². The van der Waals surface area contributed by atoms with Gasteiger partial charge in [-0.3, -0.25) is 19.9 Å². The minimum Gasteiger partial charge on any atom is -0.353 e. The Bertz CT molecular complexity index is 1470. The highest BCUT2D eigenvalue weighted by atomic mass is 19.1. The number of hydrogen-bond donors (Lipinski definition) is 1. The summed E-state index contributed by atoms with van der Waals surface area (Å²) in [6.45, 7) is 4.79. The molecule has 5 rings (SSSR count). The van der Waals surface area contributed by atoms with Gasteiger partial charge < -0.3 is 4.98 Å². The first-order valence-corrected chi connectivity index (χ1v) is 11.2. The molecule has 0 spiro atoms. The molecule has 0 radical (unpaired) electrons. The Kier molecular flexibility index (Phi) is 5.91. The topological polar surface area (TPSA) is 79.7 Å². The first kappa shape index (κ1) is 21.6. The molecule has 34 heavy (non-hydrogen) atoms. The minimum atomic E-state index is -0.274. The third kappa shape index (κ3) is 4.20. The Hall–Kier alpha value is -4.26. The van der Waals surface area contributed by atoms with Crippen molar-refractivity contribution in [3.05, 3.63) is 96.1 Å². The fourth-order valence-corrected chi connectivity index (χ4v) is 3.87. The quantitative estimate of drug-likeness (QED) is 0.333. The zero-order valence-electron chi connectivity index (χ0n) is 19.0. The molecule has 0 aliphatic rings. The van der Waals surface area contributed by atoms with Crippen molar-refractivity contribution in [2.75, 3.05) is 6.54 Å². The largest absolute Gasteiger partial charge is 0.353 e. The zero-order valence-corrected chi connectivity index (χ0v) is 19.0. The Balaban J connectivity index is 1.65. The molecule has 0 aliphatic carbocycles. The summed E-state index contributed by atoms with van der Waals surface area (Å²) in [4.78, 5) is 26.5. The van der Waals surface area contributed by atoms with Crippen molar-refractivity contribution < 1.29 is 4.39 Å². The number of benzene rings is 1. The molecule has 0 unspecified atom stereocenters. The van der Waals surface area contributed by atoms with Gasteiger partial charge in [0.25, 0.3) is 0 Å². The molecule has 0 atom stereocenters. The first-order chi connectivity index (χ1) is 16.6. The van der Waals surface area contributed by atoms with Crippen LogP contribution >= 0.6 is 0 Å². The lowest BCUT2D eigenvalue weighted by Gasteiger charge is -2.10. The smallest absolute Gasteiger partial charge is 0.123 e. The molecule has 6 nitrogen and oxygen atoms in total. The van der Waals surface area contributed by atoms with Crippen molar-refractivity contribution in [3.8, 4) is 22.6 Å². The van der Waals surface area contributed by atoms with Gasteiger partial charge in [-0.2, -0.15) is 0 Å². The maximum atomic E-state index is 13.5. The summed E-state index contributed by atoms with van der Waals surface area (Å²) in [6.07, 6.45) is 7.67. The van der Waals surface area contributed by atoms with Crippen molar-refractivity contribution in [1.82, 2.24) is 24.9 Å². The van der Waals surface area contributed by atoms with E-state index in [-0.39, 0.29) is 5.82 Å². The van der Waals surface area contributed by atoms with E-state index in [9.17, 15) is 4.39 Å². The number of halogens is 1. The molecule has 0 amide bonds. The Morgan fingerprint density at radius 3 is 2.59 bits per heavy atom. The summed E-state index contributed by atoms with van der Waals surface area (Å²) >= 11 is 0. The molecule has 1 N–H and O–H groups in total. The van der Waals surface area contributed by atoms with Crippen LogP contribution in [0.15, 0.2) is 78.3 Å². The summed E-state index contributed by atoms with van der Waals surface area (Å²) in [7, 11) is 0. The monoisotopic (exact) mass is 450 g/mol. The number of rotatable bonds is 6. The van der Waals surface area contributed by atoms with Gasteiger partial charge in [0.15, 0.2) is 0 Å². The predicted molar refractivity (Wildman–Crippen MR) is 132 cm³/mol. The van der Waals surface area contributed by atoms with E-state index < -0.39 is 0 Å². The van der Waals surface area contributed by atoms with Crippen molar-refractivity contribution in [1.29, 1.82) is 0 Å². The second-order valence-corrected chi connectivity index (χ2v) is 7.99. The Labute approximate surface area is 196 Å². The number of pyridine rings is 2. The van der Waals surface area contributed by atoms with Crippen molar-refractivity contribution in [2.45, 2.75) is 20.3 Å². The van der Waals surface area contributed by atoms with E-state index in [2.05, 4.69) is 26.9 Å². The van der Waals surface area contributed by atoms with Crippen LogP contribution in [-0.2, 0) is 0 Å². The average molecular weight is 451 g/mol. The van der Waals surface area contributed by atoms with E-state index in [1.54, 1.807) is 36.9 Å². The lowest BCUT2D eigenvalue weighted by molar-refractivity contribution is 0.628. The normalized spacial score (nSPS) is 11.8. The molecule has 0 aliphatic heterocycles. The molecular formula is C27H23FN6. The number of nitrogens with zero attached hydrogens (tertiary/aromatic N) is 5. The molecule has 0 fully saturated rings. The maximum absolute atomic E-state index is 13.5. The average Bonchev–Trinajstić information content (AvgIpc) is 3.30. The van der Waals surface area contributed by atoms with Gasteiger partial charge in [0, 0.05) is 41.6 Å². The molecule has 0 saturated heterocycles. The van der Waals surface area contributed by atoms with Crippen LogP contribution in [0.1, 0.15) is 30.3 Å². The highest BCUT2D eigenvalue weighted by Crippen LogP contribution is 2.29. The van der Waals surface area contributed by atoms with Gasteiger partial charge in [0.2, 0.25) is 0 Å². The van der Waals surface area contributed by atoms with Crippen LogP contribution in [0, 0.1) is 12.7 Å². The second-order valence-electron chi connectivity index (χ2n) is 7.99. The zero-order chi connectivity index (χ0) is 23.5. The van der Waals surface area contributed by atoms with Crippen LogP contribution in [0.25, 0.3) is 33.5 Å². The number of aromatic amines is 1. The van der Waals surface area contributed by atoms with Gasteiger partial charge in [0.05, 0.1) is 29.0 Å². The molecule has 0 saturated carbocycles. The van der Waals surface area contributed by atoms with Gasteiger partial charge >= 0.3 is 0 Å². The number of H-pyrrole nitrogens is 1. The van der Waals surface area contributed by atoms with Crippen LogP contribution in [0.4, 0.5) is 4.39 Å². The van der Waals surface area contributed by atoms with Gasteiger partial charge in [0.1, 0.15) is 17.2 Å². The second kappa shape index (κ2) is 9.31. The van der Waals surface area contributed by atoms with E-state index in [1.807, 2.05) is 31.2 Å². The maximum Gasteiger partial charge on any atom is 0.123 e. The predicted octanol–water partition coefficient (Wildman–Crippen LogP) is 5.78. The standard InChI is InChI=1S/C27H23FN6/c1-3-11-31-27(25-17(2)4-9-22(34-25)24-16-29-13-14-30-24)23-15-20-21(33-23)10-12-32-26(20)18-5-7-19(28)8-6-18/h4-10,12-16,33H,3,11H2,1-2H3. The van der Waals surface area contributed by atoms with Crippen LogP contribution in [-0.4, -0.2) is 37.2 Å². The lowest BCUT2D eigenvalue weighted by Crippen LogP contribution is -2.10. The van der Waals surface area contributed by atoms with Gasteiger partial charge in [-0.15, -0.1) is 0 Å². The number of aliphatic imine (C=N–C) groups is 1. The van der Waals surface area contributed by atoms with E-state index in [1.165, 1.54) is 12.1 Å². The lowest BCUT2D eigenvalue weighted by atomic mass is 10.0. The van der Waals surface area contributed by atoms with Crippen molar-refractivity contribution in [3.63, 3.8) is 0 Å². The van der Waals surface area contributed by atoms with E-state index >= 15 is 0 Å². The summed E-state index contributed by atoms with van der Waals surface area (Å²) in [5.74, 6) is -0.274. The van der Waals surface area contributed by atoms with Crippen LogP contribution in [0.3, 0.4) is 0 Å². The van der Waals surface area contributed by atoms with E-state index in [0.717, 1.165) is 56.9 Å². The fraction of sp³-hybridized carbons (Fsp3) is 0.148. The molecule has 7 heteroatoms. The Morgan fingerprint density at radius 2 is 1.82 bits per heavy atom. The Morgan fingerprint density at radius 1 is 0.971 bits per heavy atom. The number of aryl methyl sites for hydroxylation is 1. The molecule has 168 valence electrons. The van der Waals surface area contributed by atoms with E-state index in [0.29, 0.717) is 12.2 Å². The third-order valence-corrected chi connectivity index (χ3v) is 5.56. The molecule has 5 aromatic rings.